The summed E-state index contributed by atoms with van der Waals surface area (Å²) in [5.41, 5.74) is 1.31. The van der Waals surface area contributed by atoms with E-state index in [-0.39, 0.29) is 34.6 Å². The van der Waals surface area contributed by atoms with E-state index < -0.39 is 11.5 Å². The van der Waals surface area contributed by atoms with E-state index in [9.17, 15) is 19.8 Å². The van der Waals surface area contributed by atoms with E-state index in [1.807, 2.05) is 0 Å². The van der Waals surface area contributed by atoms with E-state index in [2.05, 4.69) is 4.98 Å². The Bertz CT molecular complexity index is 998. The molecule has 0 aliphatic carbocycles. The Hall–Kier alpha value is -3.22. The molecule has 7 heteroatoms. The second-order valence-corrected chi connectivity index (χ2v) is 5.39. The van der Waals surface area contributed by atoms with Crippen molar-refractivity contribution in [2.75, 3.05) is 7.11 Å². The molecular formula is C17H15NO6. The lowest BCUT2D eigenvalue weighted by molar-refractivity contribution is -0.136. The lowest BCUT2D eigenvalue weighted by Gasteiger charge is -2.06. The second kappa shape index (κ2) is 5.77. The number of aliphatic carboxylic acids is 1. The topological polar surface area (TPSA) is 113 Å². The Morgan fingerprint density at radius 3 is 2.75 bits per heavy atom. The number of aromatic amines is 1. The third kappa shape index (κ3) is 2.60. The van der Waals surface area contributed by atoms with Crippen molar-refractivity contribution >= 4 is 16.9 Å². The molecule has 0 unspecified atom stereocenters. The van der Waals surface area contributed by atoms with Gasteiger partial charge in [-0.15, -0.1) is 0 Å². The van der Waals surface area contributed by atoms with Crippen molar-refractivity contribution in [3.8, 4) is 22.8 Å². The predicted octanol–water partition coefficient (Wildman–Crippen LogP) is 2.44. The minimum absolute atomic E-state index is 0.0502. The first-order chi connectivity index (χ1) is 11.4. The number of furan rings is 1. The summed E-state index contributed by atoms with van der Waals surface area (Å²) >= 11 is 0. The number of H-pyrrole nitrogens is 1. The molecule has 0 spiro atoms. The minimum atomic E-state index is -1.08. The first-order valence-electron chi connectivity index (χ1n) is 7.15. The van der Waals surface area contributed by atoms with Crippen molar-refractivity contribution in [1.82, 2.24) is 4.98 Å². The van der Waals surface area contributed by atoms with Gasteiger partial charge in [0.2, 0.25) is 0 Å². The molecule has 3 rings (SSSR count). The molecule has 0 bridgehead atoms. The number of nitrogens with one attached hydrogen (secondary N) is 1. The number of hydrogen-bond donors (Lipinski definition) is 3. The van der Waals surface area contributed by atoms with Crippen LogP contribution in [-0.4, -0.2) is 28.3 Å². The number of aryl methyl sites for hydroxylation is 1. The number of phenolic OH excluding ortho intramolecular Hbond substituents is 1. The van der Waals surface area contributed by atoms with Crippen LogP contribution in [0.5, 0.6) is 11.5 Å². The molecule has 2 aromatic heterocycles. The fraction of sp³-hybridized carbons (Fsp3) is 0.176. The molecule has 0 saturated carbocycles. The maximum atomic E-state index is 12.3. The Kier molecular flexibility index (Phi) is 3.76. The van der Waals surface area contributed by atoms with E-state index in [0.717, 1.165) is 0 Å². The largest absolute Gasteiger partial charge is 0.504 e. The van der Waals surface area contributed by atoms with Crippen molar-refractivity contribution < 1.29 is 24.2 Å². The maximum absolute atomic E-state index is 12.3. The zero-order chi connectivity index (χ0) is 17.4. The van der Waals surface area contributed by atoms with Gasteiger partial charge in [0, 0.05) is 22.9 Å². The summed E-state index contributed by atoms with van der Waals surface area (Å²) in [4.78, 5) is 26.1. The predicted molar refractivity (Wildman–Crippen MR) is 86.6 cm³/mol. The van der Waals surface area contributed by atoms with E-state index in [0.29, 0.717) is 16.8 Å². The van der Waals surface area contributed by atoms with E-state index in [4.69, 9.17) is 9.15 Å². The summed E-state index contributed by atoms with van der Waals surface area (Å²) in [6, 6.07) is 6.16. The fourth-order valence-electron chi connectivity index (χ4n) is 2.68. The Morgan fingerprint density at radius 1 is 1.33 bits per heavy atom. The normalized spacial score (nSPS) is 10.9. The molecule has 0 aliphatic heterocycles. The van der Waals surface area contributed by atoms with Crippen LogP contribution in [0.25, 0.3) is 22.3 Å². The van der Waals surface area contributed by atoms with Gasteiger partial charge < -0.3 is 24.4 Å². The lowest BCUT2D eigenvalue weighted by atomic mass is 10.0. The molecule has 0 atom stereocenters. The van der Waals surface area contributed by atoms with Crippen LogP contribution in [0.3, 0.4) is 0 Å². The average Bonchev–Trinajstić information content (AvgIpc) is 2.85. The number of carboxylic acid groups (broad SMARTS) is 1. The molecule has 0 radical (unpaired) electrons. The van der Waals surface area contributed by atoms with Crippen molar-refractivity contribution in [2.24, 2.45) is 0 Å². The Labute approximate surface area is 136 Å². The summed E-state index contributed by atoms with van der Waals surface area (Å²) in [6.07, 6.45) is -0.363. The highest BCUT2D eigenvalue weighted by atomic mass is 16.5. The zero-order valence-electron chi connectivity index (χ0n) is 13.0. The number of methoxy groups -OCH3 is 1. The van der Waals surface area contributed by atoms with Gasteiger partial charge in [0.15, 0.2) is 11.5 Å². The molecule has 0 saturated heterocycles. The molecule has 0 fully saturated rings. The van der Waals surface area contributed by atoms with Gasteiger partial charge in [-0.05, 0) is 25.1 Å². The highest BCUT2D eigenvalue weighted by molar-refractivity contribution is 5.91. The van der Waals surface area contributed by atoms with Crippen LogP contribution >= 0.6 is 0 Å². The van der Waals surface area contributed by atoms with Crippen molar-refractivity contribution in [3.63, 3.8) is 0 Å². The first-order valence-corrected chi connectivity index (χ1v) is 7.15. The van der Waals surface area contributed by atoms with Gasteiger partial charge in [-0.25, -0.2) is 0 Å². The van der Waals surface area contributed by atoms with E-state index >= 15 is 0 Å². The second-order valence-electron chi connectivity index (χ2n) is 5.39. The number of carboxylic acids is 1. The number of carbonyl (C=O) groups is 1. The van der Waals surface area contributed by atoms with Gasteiger partial charge in [-0.2, -0.15) is 0 Å². The Balaban J connectivity index is 2.32. The molecule has 7 nitrogen and oxygen atoms in total. The smallest absolute Gasteiger partial charge is 0.307 e. The third-order valence-electron chi connectivity index (χ3n) is 3.69. The summed E-state index contributed by atoms with van der Waals surface area (Å²) in [5.74, 6) is -0.642. The van der Waals surface area contributed by atoms with Gasteiger partial charge in [0.1, 0.15) is 11.3 Å². The maximum Gasteiger partial charge on any atom is 0.307 e. The highest BCUT2D eigenvalue weighted by Gasteiger charge is 2.22. The van der Waals surface area contributed by atoms with Crippen molar-refractivity contribution in [3.05, 3.63) is 45.9 Å². The van der Waals surface area contributed by atoms with Gasteiger partial charge in [-0.3, -0.25) is 9.59 Å². The number of ether oxygens (including phenoxy) is 1. The molecule has 3 N–H and O–H groups in total. The summed E-state index contributed by atoms with van der Waals surface area (Å²) in [7, 11) is 1.41. The molecule has 1 aromatic carbocycles. The number of hydrogen-bond acceptors (Lipinski definition) is 5. The average molecular weight is 329 g/mol. The van der Waals surface area contributed by atoms with Crippen LogP contribution in [0, 0.1) is 6.92 Å². The molecule has 2 heterocycles. The van der Waals surface area contributed by atoms with E-state index in [1.165, 1.54) is 19.2 Å². The molecule has 124 valence electrons. The van der Waals surface area contributed by atoms with Crippen molar-refractivity contribution in [2.45, 2.75) is 13.3 Å². The monoisotopic (exact) mass is 329 g/mol. The SMILES string of the molecule is COc1cc(-c2oc3cc(C)[nH]c(=O)c3c2CC(=O)O)ccc1O. The molecule has 0 aliphatic rings. The van der Waals surface area contributed by atoms with E-state index in [1.54, 1.807) is 19.1 Å². The number of fused-ring (bicyclic) bond motifs is 1. The van der Waals surface area contributed by atoms with Gasteiger partial charge in [0.05, 0.1) is 18.9 Å². The zero-order valence-corrected chi connectivity index (χ0v) is 13.0. The standard InChI is InChI=1S/C17H15NO6/c1-8-5-13-15(17(22)18-8)10(7-14(20)21)16(24-13)9-3-4-11(19)12(6-9)23-2/h3-6,19H,7H2,1-2H3,(H,18,22)(H,20,21). The fourth-order valence-corrected chi connectivity index (χ4v) is 2.68. The molecule has 24 heavy (non-hydrogen) atoms. The number of phenols is 1. The van der Waals surface area contributed by atoms with Crippen LogP contribution in [0.4, 0.5) is 0 Å². The number of benzene rings is 1. The molecule has 3 aromatic rings. The summed E-state index contributed by atoms with van der Waals surface area (Å²) < 4.78 is 10.8. The number of aromatic hydroxyl groups is 1. The summed E-state index contributed by atoms with van der Waals surface area (Å²) in [6.45, 7) is 1.71. The lowest BCUT2D eigenvalue weighted by Crippen LogP contribution is -2.10. The Morgan fingerprint density at radius 2 is 2.08 bits per heavy atom. The van der Waals surface area contributed by atoms with Crippen LogP contribution in [-0.2, 0) is 11.2 Å². The highest BCUT2D eigenvalue weighted by Crippen LogP contribution is 2.36. The van der Waals surface area contributed by atoms with Crippen LogP contribution < -0.4 is 10.3 Å². The third-order valence-corrected chi connectivity index (χ3v) is 3.69. The van der Waals surface area contributed by atoms with Crippen LogP contribution in [0.15, 0.2) is 33.5 Å². The van der Waals surface area contributed by atoms with Gasteiger partial charge >= 0.3 is 5.97 Å². The number of aromatic nitrogens is 1. The summed E-state index contributed by atoms with van der Waals surface area (Å²) in [5, 5.41) is 19.1. The molecular weight excluding hydrogens is 314 g/mol. The van der Waals surface area contributed by atoms with Gasteiger partial charge in [0.25, 0.3) is 5.56 Å². The van der Waals surface area contributed by atoms with Gasteiger partial charge in [-0.1, -0.05) is 0 Å². The van der Waals surface area contributed by atoms with Crippen LogP contribution in [0.1, 0.15) is 11.3 Å². The number of pyridine rings is 1. The quantitative estimate of drug-likeness (QED) is 0.677. The minimum Gasteiger partial charge on any atom is -0.504 e. The molecule has 0 amide bonds. The number of rotatable bonds is 4. The van der Waals surface area contributed by atoms with Crippen molar-refractivity contribution in [1.29, 1.82) is 0 Å². The first kappa shape index (κ1) is 15.7. The van der Waals surface area contributed by atoms with Crippen LogP contribution in [0.2, 0.25) is 0 Å².